The van der Waals surface area contributed by atoms with Gasteiger partial charge in [0, 0.05) is 59.3 Å². The fourth-order valence-corrected chi connectivity index (χ4v) is 7.49. The van der Waals surface area contributed by atoms with Crippen molar-refractivity contribution < 1.29 is 71.8 Å². The van der Waals surface area contributed by atoms with E-state index in [9.17, 15) is 33.1 Å². The van der Waals surface area contributed by atoms with E-state index in [1.807, 2.05) is 44.2 Å². The van der Waals surface area contributed by atoms with Crippen molar-refractivity contribution >= 4 is 40.7 Å². The Morgan fingerprint density at radius 3 is 2.00 bits per heavy atom. The highest BCUT2D eigenvalue weighted by molar-refractivity contribution is 8.15. The number of aliphatic hydroxyl groups excluding tert-OH is 3. The number of alkyl carbamates (subject to hydrolysis) is 1. The number of hydroxylamine groups is 2. The lowest BCUT2D eigenvalue weighted by Crippen LogP contribution is -2.47. The topological polar surface area (TPSA) is 239 Å². The zero-order valence-corrected chi connectivity index (χ0v) is 39.5. The molecule has 4 unspecified atom stereocenters. The number of nitrogens with one attached hydrogen (secondary N) is 3. The molecule has 0 fully saturated rings. The number of methoxy groups -OCH3 is 2. The summed E-state index contributed by atoms with van der Waals surface area (Å²) >= 11 is 1.13. The van der Waals surface area contributed by atoms with Gasteiger partial charge < -0.3 is 55.0 Å². The summed E-state index contributed by atoms with van der Waals surface area (Å²) in [6.45, 7) is 3.92. The summed E-state index contributed by atoms with van der Waals surface area (Å²) in [6, 6.07) is 11.5. The molecule has 19 nitrogen and oxygen atoms in total. The van der Waals surface area contributed by atoms with Crippen LogP contribution >= 0.6 is 11.8 Å². The molecular formula is C44H68F2N6O13S. The first-order valence-corrected chi connectivity index (χ1v) is 22.6. The summed E-state index contributed by atoms with van der Waals surface area (Å²) in [5.74, 6) is -1.73. The third-order valence-corrected chi connectivity index (χ3v) is 11.4. The van der Waals surface area contributed by atoms with Crippen molar-refractivity contribution in [2.45, 2.75) is 101 Å². The molecule has 0 saturated heterocycles. The molecule has 0 spiro atoms. The van der Waals surface area contributed by atoms with E-state index in [0.717, 1.165) is 35.0 Å². The smallest absolute Gasteiger partial charge is 0.407 e. The van der Waals surface area contributed by atoms with Crippen LogP contribution in [0.5, 0.6) is 0 Å². The summed E-state index contributed by atoms with van der Waals surface area (Å²) in [4.78, 5) is 54.2. The number of hydrazone groups is 1. The van der Waals surface area contributed by atoms with Gasteiger partial charge in [-0.05, 0) is 62.3 Å². The molecular weight excluding hydrogens is 891 g/mol. The van der Waals surface area contributed by atoms with Gasteiger partial charge in [-0.15, -0.1) is 0 Å². The monoisotopic (exact) mass is 958 g/mol. The molecule has 66 heavy (non-hydrogen) atoms. The minimum absolute atomic E-state index is 0.0453. The number of amides is 5. The number of urea groups is 1. The quantitative estimate of drug-likeness (QED) is 0.0378. The summed E-state index contributed by atoms with van der Waals surface area (Å²) in [7, 11) is 5.60. The van der Waals surface area contributed by atoms with Crippen molar-refractivity contribution in [1.29, 1.82) is 0 Å². The largest absolute Gasteiger partial charge is 0.444 e. The lowest BCUT2D eigenvalue weighted by atomic mass is 10.0. The molecule has 0 radical (unpaired) electrons. The zero-order chi connectivity index (χ0) is 48.9. The Hall–Kier alpha value is -4.52. The van der Waals surface area contributed by atoms with Gasteiger partial charge >= 0.3 is 12.1 Å². The number of hydrogen-bond acceptors (Lipinski definition) is 15. The highest BCUT2D eigenvalue weighted by Gasteiger charge is 2.49. The van der Waals surface area contributed by atoms with Crippen LogP contribution in [0.4, 0.5) is 18.4 Å². The van der Waals surface area contributed by atoms with Gasteiger partial charge in [-0.25, -0.2) is 23.4 Å². The van der Waals surface area contributed by atoms with Gasteiger partial charge in [-0.1, -0.05) is 62.4 Å². The van der Waals surface area contributed by atoms with E-state index in [-0.39, 0.29) is 74.3 Å². The first-order chi connectivity index (χ1) is 31.7. The number of ether oxygens (including phenoxy) is 5. The molecule has 1 aliphatic rings. The second kappa shape index (κ2) is 32.2. The lowest BCUT2D eigenvalue weighted by Gasteiger charge is -2.37. The third-order valence-electron chi connectivity index (χ3n) is 9.98. The Morgan fingerprint density at radius 1 is 0.788 bits per heavy atom. The number of benzene rings is 2. The molecule has 2 aromatic carbocycles. The predicted octanol–water partition coefficient (Wildman–Crippen LogP) is 4.33. The first kappa shape index (κ1) is 57.6. The number of nitrogens with zero attached hydrogens (tertiary/aromatic N) is 3. The lowest BCUT2D eigenvalue weighted by molar-refractivity contribution is -0.181. The zero-order valence-electron chi connectivity index (χ0n) is 38.7. The average molecular weight is 959 g/mol. The number of thioether (sulfide) groups is 1. The molecule has 1 aliphatic heterocycles. The molecule has 0 aromatic heterocycles. The Morgan fingerprint density at radius 2 is 1.41 bits per heavy atom. The van der Waals surface area contributed by atoms with Crippen molar-refractivity contribution in [3.8, 4) is 0 Å². The number of carbonyl (C=O) groups is 4. The van der Waals surface area contributed by atoms with E-state index in [1.165, 1.54) is 33.4 Å². The van der Waals surface area contributed by atoms with Crippen LogP contribution in [-0.2, 0) is 43.0 Å². The number of aliphatic hydroxyl groups is 3. The number of carbonyl (C=O) groups excluding carboxylic acids is 4. The van der Waals surface area contributed by atoms with Crippen molar-refractivity contribution in [3.63, 3.8) is 0 Å². The van der Waals surface area contributed by atoms with Crippen molar-refractivity contribution in [2.75, 3.05) is 74.4 Å². The molecule has 372 valence electrons. The van der Waals surface area contributed by atoms with Crippen LogP contribution in [0.15, 0.2) is 53.6 Å². The molecule has 1 heterocycles. The van der Waals surface area contributed by atoms with Crippen LogP contribution in [0.1, 0.15) is 82.8 Å². The minimum atomic E-state index is -1.16. The molecule has 6 N–H and O–H groups in total. The van der Waals surface area contributed by atoms with Gasteiger partial charge in [-0.2, -0.15) is 10.1 Å². The Bertz CT molecular complexity index is 1750. The van der Waals surface area contributed by atoms with Gasteiger partial charge in [0.15, 0.2) is 12.6 Å². The van der Waals surface area contributed by atoms with Crippen LogP contribution in [0, 0.1) is 11.6 Å². The third kappa shape index (κ3) is 19.8. The SMILES string of the molecule is CCC(CO)OC(CO)OC.CCC(CO)OC(COC(=O)NCCC(=O)NCCCCCC(=O)NCCC[C@@]1(c2ccccc2)SC(c2cc(F)ccc2F)=NN1C(=O)N(C)OC)OC. The van der Waals surface area contributed by atoms with Gasteiger partial charge in [-0.3, -0.25) is 14.4 Å². The van der Waals surface area contributed by atoms with Crippen LogP contribution in [0.3, 0.4) is 0 Å². The molecule has 22 heteroatoms. The van der Waals surface area contributed by atoms with Gasteiger partial charge in [0.25, 0.3) is 0 Å². The Balaban J connectivity index is 0.00000120. The fourth-order valence-electron chi connectivity index (χ4n) is 6.08. The molecule has 2 aromatic rings. The van der Waals surface area contributed by atoms with Crippen LogP contribution in [0.25, 0.3) is 0 Å². The standard InChI is InChI=1S/C37H52F2N6O9S.C7H16O4/c1-5-28(24-46)54-33(51-3)25-53-35(49)42-22-18-32(48)40-20-11-7-10-15-31(47)41-21-12-19-37(26-13-8-6-9-14-26)45(36(50)44(2)52-4)43-34(55-37)29-23-27(38)16-17-30(29)39;1-3-6(4-8)11-7(5-9)10-2/h6,8-9,13-14,16-17,23,28,33,46H,5,7,10-12,15,18-22,24-25H2,1-4H3,(H,40,48)(H,41,47)(H,42,49);6-9H,3-5H2,1-2H3/t28?,33?,37-;/m0./s1. The Kier molecular flexibility index (Phi) is 28.1. The van der Waals surface area contributed by atoms with E-state index >= 15 is 0 Å². The van der Waals surface area contributed by atoms with Crippen molar-refractivity contribution in [2.24, 2.45) is 5.10 Å². The van der Waals surface area contributed by atoms with Gasteiger partial charge in [0.1, 0.15) is 28.2 Å². The molecule has 0 aliphatic carbocycles. The molecule has 0 saturated carbocycles. The van der Waals surface area contributed by atoms with Crippen molar-refractivity contribution in [3.05, 3.63) is 71.3 Å². The maximum Gasteiger partial charge on any atom is 0.407 e. The highest BCUT2D eigenvalue weighted by Crippen LogP contribution is 2.51. The molecule has 0 bridgehead atoms. The number of unbranched alkanes of at least 4 members (excludes halogenated alkanes) is 2. The Labute approximate surface area is 389 Å². The van der Waals surface area contributed by atoms with Crippen molar-refractivity contribution in [1.82, 2.24) is 26.0 Å². The highest BCUT2D eigenvalue weighted by atomic mass is 32.2. The second-order valence-electron chi connectivity index (χ2n) is 14.7. The van der Waals surface area contributed by atoms with E-state index in [0.29, 0.717) is 63.6 Å². The summed E-state index contributed by atoms with van der Waals surface area (Å²) in [6.07, 6.45) is 1.44. The second-order valence-corrected chi connectivity index (χ2v) is 15.9. The number of halogens is 2. The van der Waals surface area contributed by atoms with Crippen LogP contribution < -0.4 is 16.0 Å². The predicted molar refractivity (Wildman–Crippen MR) is 241 cm³/mol. The van der Waals surface area contributed by atoms with E-state index in [2.05, 4.69) is 21.1 Å². The number of rotatable bonds is 29. The van der Waals surface area contributed by atoms with E-state index in [1.54, 1.807) is 0 Å². The van der Waals surface area contributed by atoms with Gasteiger partial charge in [0.05, 0.1) is 39.1 Å². The number of hydrogen-bond donors (Lipinski definition) is 6. The molecule has 5 atom stereocenters. The van der Waals surface area contributed by atoms with E-state index < -0.39 is 47.3 Å². The summed E-state index contributed by atoms with van der Waals surface area (Å²) in [5.41, 5.74) is 0.626. The normalized spacial score (nSPS) is 16.2. The summed E-state index contributed by atoms with van der Waals surface area (Å²) < 4.78 is 54.6. The minimum Gasteiger partial charge on any atom is -0.444 e. The van der Waals surface area contributed by atoms with Crippen LogP contribution in [-0.4, -0.2) is 154 Å². The van der Waals surface area contributed by atoms with E-state index in [4.69, 9.17) is 38.7 Å². The average Bonchev–Trinajstić information content (AvgIpc) is 3.73. The maximum absolute atomic E-state index is 14.9. The molecule has 5 amide bonds. The fraction of sp³-hybridized carbons (Fsp3) is 0.614. The van der Waals surface area contributed by atoms with Gasteiger partial charge in [0.2, 0.25) is 11.8 Å². The maximum atomic E-state index is 14.9. The first-order valence-electron chi connectivity index (χ1n) is 21.8. The summed E-state index contributed by atoms with van der Waals surface area (Å²) in [5, 5.41) is 41.6. The molecule has 3 rings (SSSR count). The van der Waals surface area contributed by atoms with Crippen LogP contribution in [0.2, 0.25) is 0 Å².